The van der Waals surface area contributed by atoms with Gasteiger partial charge in [-0.1, -0.05) is 12.1 Å². The summed E-state index contributed by atoms with van der Waals surface area (Å²) in [6.45, 7) is 1.80. The molecule has 2 aliphatic rings. The molecule has 0 amide bonds. The number of carbonyl (C=O) groups is 2. The van der Waals surface area contributed by atoms with Crippen molar-refractivity contribution in [2.24, 2.45) is 0 Å². The number of Topliss-reactive ketones (excluding diaryl/α,β-unsaturated/α-hetero) is 1. The summed E-state index contributed by atoms with van der Waals surface area (Å²) in [6, 6.07) is 4.90. The molecule has 140 valence electrons. The van der Waals surface area contributed by atoms with Crippen molar-refractivity contribution in [2.75, 3.05) is 13.6 Å². The van der Waals surface area contributed by atoms with Gasteiger partial charge in [0.2, 0.25) is 0 Å². The lowest BCUT2D eigenvalue weighted by atomic mass is 9.64. The Bertz CT molecular complexity index is 912. The van der Waals surface area contributed by atoms with Crippen LogP contribution < -0.4 is 4.65 Å². The molecule has 6 nitrogen and oxygen atoms in total. The van der Waals surface area contributed by atoms with Crippen molar-refractivity contribution in [1.82, 2.24) is 4.90 Å². The summed E-state index contributed by atoms with van der Waals surface area (Å²) < 4.78 is 5.50. The molecular weight excluding hydrogens is 365 g/mol. The molecule has 27 heavy (non-hydrogen) atoms. The van der Waals surface area contributed by atoms with E-state index < -0.39 is 18.9 Å². The Balaban J connectivity index is 1.53. The minimum Gasteiger partial charge on any atom is -0.535 e. The number of carbonyl (C=O) groups excluding carboxylic acids is 1. The third-order valence-electron chi connectivity index (χ3n) is 5.34. The smallest absolute Gasteiger partial charge is 0.526 e. The van der Waals surface area contributed by atoms with Crippen molar-refractivity contribution in [2.45, 2.75) is 31.6 Å². The average molecular weight is 385 g/mol. The molecule has 0 saturated carbocycles. The van der Waals surface area contributed by atoms with Crippen LogP contribution in [-0.4, -0.2) is 47.5 Å². The molecule has 0 saturated heterocycles. The van der Waals surface area contributed by atoms with E-state index in [0.29, 0.717) is 12.0 Å². The van der Waals surface area contributed by atoms with Crippen molar-refractivity contribution in [3.05, 3.63) is 50.7 Å². The number of hydrogen-bond donors (Lipinski definition) is 2. The highest BCUT2D eigenvalue weighted by atomic mass is 32.1. The van der Waals surface area contributed by atoms with Gasteiger partial charge >= 0.3 is 13.1 Å². The quantitative estimate of drug-likeness (QED) is 0.621. The molecule has 0 radical (unpaired) electrons. The molecule has 3 heterocycles. The predicted molar refractivity (Wildman–Crippen MR) is 103 cm³/mol. The Morgan fingerprint density at radius 3 is 2.96 bits per heavy atom. The van der Waals surface area contributed by atoms with E-state index in [2.05, 4.69) is 11.9 Å². The van der Waals surface area contributed by atoms with E-state index in [1.54, 1.807) is 23.5 Å². The maximum Gasteiger partial charge on any atom is 0.526 e. The van der Waals surface area contributed by atoms with Crippen molar-refractivity contribution in [3.8, 4) is 5.75 Å². The first kappa shape index (κ1) is 18.2. The third-order valence-corrected chi connectivity index (χ3v) is 6.35. The first-order chi connectivity index (χ1) is 12.9. The maximum absolute atomic E-state index is 12.9. The predicted octanol–water partition coefficient (Wildman–Crippen LogP) is 2.49. The highest BCUT2D eigenvalue weighted by Crippen LogP contribution is 2.37. The fraction of sp³-hybridized carbons (Fsp3) is 0.368. The van der Waals surface area contributed by atoms with Crippen LogP contribution in [0.5, 0.6) is 5.75 Å². The molecule has 1 atom stereocenters. The van der Waals surface area contributed by atoms with Gasteiger partial charge in [0, 0.05) is 41.1 Å². The second-order valence-electron chi connectivity index (χ2n) is 7.24. The SMILES string of the molecule is CN1CCc2c(C(=O)C[C@H]3Cc4cccc(C(=O)O)c4OB3O)csc2C1. The maximum atomic E-state index is 12.9. The topological polar surface area (TPSA) is 87.1 Å². The number of fused-ring (bicyclic) bond motifs is 2. The first-order valence-electron chi connectivity index (χ1n) is 8.95. The molecule has 2 N–H and O–H groups in total. The van der Waals surface area contributed by atoms with Crippen molar-refractivity contribution in [1.29, 1.82) is 0 Å². The number of hydrogen-bond acceptors (Lipinski definition) is 6. The number of aromatic carboxylic acids is 1. The first-order valence-corrected chi connectivity index (χ1v) is 9.83. The fourth-order valence-corrected chi connectivity index (χ4v) is 5.05. The molecule has 2 aliphatic heterocycles. The van der Waals surface area contributed by atoms with E-state index in [-0.39, 0.29) is 23.5 Å². The second kappa shape index (κ2) is 7.11. The van der Waals surface area contributed by atoms with Gasteiger partial charge in [-0.05, 0) is 37.1 Å². The van der Waals surface area contributed by atoms with Crippen LogP contribution in [0.15, 0.2) is 23.6 Å². The number of nitrogens with zero attached hydrogens (tertiary/aromatic N) is 1. The van der Waals surface area contributed by atoms with Crippen molar-refractivity contribution < 1.29 is 24.4 Å². The van der Waals surface area contributed by atoms with Crippen LogP contribution in [0.4, 0.5) is 0 Å². The van der Waals surface area contributed by atoms with Gasteiger partial charge in [0.1, 0.15) is 5.75 Å². The van der Waals surface area contributed by atoms with Crippen LogP contribution in [0.1, 0.15) is 43.1 Å². The van der Waals surface area contributed by atoms with Crippen LogP contribution in [0.2, 0.25) is 5.82 Å². The summed E-state index contributed by atoms with van der Waals surface area (Å²) in [6.07, 6.45) is 1.46. The second-order valence-corrected chi connectivity index (χ2v) is 8.20. The molecule has 8 heteroatoms. The van der Waals surface area contributed by atoms with Gasteiger partial charge in [0.05, 0.1) is 5.56 Å². The summed E-state index contributed by atoms with van der Waals surface area (Å²) >= 11 is 1.62. The Morgan fingerprint density at radius 2 is 2.19 bits per heavy atom. The van der Waals surface area contributed by atoms with Crippen molar-refractivity contribution >= 4 is 30.2 Å². The van der Waals surface area contributed by atoms with Crippen LogP contribution in [0.25, 0.3) is 0 Å². The lowest BCUT2D eigenvalue weighted by Crippen LogP contribution is -2.36. The molecular formula is C19H20BNO5S. The Morgan fingerprint density at radius 1 is 1.37 bits per heavy atom. The average Bonchev–Trinajstić information content (AvgIpc) is 3.04. The Labute approximate surface area is 161 Å². The zero-order valence-electron chi connectivity index (χ0n) is 15.0. The Kier molecular flexibility index (Phi) is 4.80. The van der Waals surface area contributed by atoms with Gasteiger partial charge in [-0.2, -0.15) is 0 Å². The molecule has 0 bridgehead atoms. The normalized spacial score (nSPS) is 19.2. The van der Waals surface area contributed by atoms with Crippen molar-refractivity contribution in [3.63, 3.8) is 0 Å². The minimum absolute atomic E-state index is 0.0162. The Hall–Kier alpha value is -2.16. The molecule has 4 rings (SSSR count). The molecule has 2 aromatic rings. The third kappa shape index (κ3) is 3.40. The van der Waals surface area contributed by atoms with E-state index in [9.17, 15) is 19.7 Å². The standard InChI is InChI=1S/C19H20BNO5S/c1-21-6-5-13-15(10-27-17(13)9-21)16(22)8-12-7-11-3-2-4-14(19(23)24)18(11)26-20(12)25/h2-4,10,12,25H,5-9H2,1H3,(H,23,24)/t12-/m1/s1. The number of carboxylic acids is 1. The number of carboxylic acid groups (broad SMARTS) is 1. The number of rotatable bonds is 4. The van der Waals surface area contributed by atoms with E-state index in [1.165, 1.54) is 10.9 Å². The van der Waals surface area contributed by atoms with E-state index in [1.807, 2.05) is 5.38 Å². The molecule has 0 fully saturated rings. The number of para-hydroxylation sites is 1. The summed E-state index contributed by atoms with van der Waals surface area (Å²) in [5, 5.41) is 21.6. The van der Waals surface area contributed by atoms with E-state index in [0.717, 1.165) is 30.6 Å². The number of likely N-dealkylation sites (N-methyl/N-ethyl adjacent to an activating group) is 1. The van der Waals surface area contributed by atoms with E-state index >= 15 is 0 Å². The van der Waals surface area contributed by atoms with Gasteiger partial charge in [-0.15, -0.1) is 11.3 Å². The lowest BCUT2D eigenvalue weighted by Gasteiger charge is -2.28. The summed E-state index contributed by atoms with van der Waals surface area (Å²) in [7, 11) is 0.880. The zero-order valence-corrected chi connectivity index (χ0v) is 15.8. The highest BCUT2D eigenvalue weighted by Gasteiger charge is 2.38. The van der Waals surface area contributed by atoms with Crippen LogP contribution in [0, 0.1) is 0 Å². The molecule has 1 aromatic carbocycles. The van der Waals surface area contributed by atoms with Gasteiger partial charge in [-0.3, -0.25) is 4.79 Å². The summed E-state index contributed by atoms with van der Waals surface area (Å²) in [4.78, 5) is 27.7. The lowest BCUT2D eigenvalue weighted by molar-refractivity contribution is 0.0693. The molecule has 0 unspecified atom stereocenters. The highest BCUT2D eigenvalue weighted by molar-refractivity contribution is 7.10. The largest absolute Gasteiger partial charge is 0.535 e. The minimum atomic E-state index is -1.19. The van der Waals surface area contributed by atoms with Gasteiger partial charge < -0.3 is 19.7 Å². The molecule has 0 spiro atoms. The van der Waals surface area contributed by atoms with Crippen LogP contribution in [0.3, 0.4) is 0 Å². The van der Waals surface area contributed by atoms with Crippen LogP contribution >= 0.6 is 11.3 Å². The molecule has 1 aromatic heterocycles. The van der Waals surface area contributed by atoms with Crippen LogP contribution in [-0.2, 0) is 19.4 Å². The summed E-state index contributed by atoms with van der Waals surface area (Å²) in [5.74, 6) is -1.26. The zero-order chi connectivity index (χ0) is 19.1. The number of ketones is 1. The molecule has 0 aliphatic carbocycles. The van der Waals surface area contributed by atoms with Gasteiger partial charge in [0.15, 0.2) is 5.78 Å². The number of benzene rings is 1. The number of thiophene rings is 1. The van der Waals surface area contributed by atoms with Gasteiger partial charge in [0.25, 0.3) is 0 Å². The van der Waals surface area contributed by atoms with Gasteiger partial charge in [-0.25, -0.2) is 4.79 Å². The fourth-order valence-electron chi connectivity index (χ4n) is 3.86. The summed E-state index contributed by atoms with van der Waals surface area (Å²) in [5.41, 5.74) is 2.66. The van der Waals surface area contributed by atoms with E-state index in [4.69, 9.17) is 4.65 Å². The monoisotopic (exact) mass is 385 g/mol.